The normalized spacial score (nSPS) is 12.5. The molecule has 0 unspecified atom stereocenters. The Balaban J connectivity index is 0.000000154. The third-order valence-corrected chi connectivity index (χ3v) is 22.2. The highest BCUT2D eigenvalue weighted by atomic mass is 16.3. The van der Waals surface area contributed by atoms with Gasteiger partial charge in [0.2, 0.25) is 0 Å². The number of nitrogens with one attached hydrogen (secondary N) is 2. The Morgan fingerprint density at radius 1 is 0.294 bits per heavy atom. The van der Waals surface area contributed by atoms with E-state index >= 15 is 0 Å². The van der Waals surface area contributed by atoms with Gasteiger partial charge in [-0.05, 0) is 254 Å². The number of phenolic OH excluding ortho intramolecular Hbond substituents is 4. The second kappa shape index (κ2) is 36.0. The standard InChI is InChI=1S/C38H36N4O2.C36H36N4O2.C34H32N4O2/c1-37(2,3)25-17-23-21-39-31-11-7-8-12-32(31)40-22-24-18-26(38(4,5)6)20-28(36(24)44)30-14-10-16-34(42-30)33-15-9-13-29(41-33)27(19-25)35(23)43;1-35(2,3)27-15-23-19-37-29-11-7-9-13-31(29)39-21-25-17-28(36(4,5)6)18-26(34(25)42)22-40-32-14-10-8-12-30(32)38-20-24(16-27)33(23)41;1-19-15-25-21(3)35-29-11-7-9-13-31(29)37-23(5)27-17-20(2)18-28(34(27)40)24(6)38-32-14-10-8-12-30(32)36-22(4)26(16-19)33(25)39/h7-22,41-42H,1-6H3;7-22,41-42H,1-6H3;7-18,39-40H,1-6H3. The summed E-state index contributed by atoms with van der Waals surface area (Å²) in [6, 6.07) is 53.2. The fourth-order valence-corrected chi connectivity index (χ4v) is 14.8. The number of rotatable bonds is 0. The first-order valence-corrected chi connectivity index (χ1v) is 42.0. The van der Waals surface area contributed by atoms with E-state index in [2.05, 4.69) is 93.1 Å². The van der Waals surface area contributed by atoms with Crippen molar-refractivity contribution in [1.29, 1.82) is 0 Å². The summed E-state index contributed by atoms with van der Waals surface area (Å²) in [6.07, 6.45) is 29.3. The van der Waals surface area contributed by atoms with E-state index in [4.69, 9.17) is 49.8 Å². The van der Waals surface area contributed by atoms with Crippen LogP contribution in [0.3, 0.4) is 0 Å². The van der Waals surface area contributed by atoms with E-state index < -0.39 is 0 Å². The Labute approximate surface area is 731 Å². The second-order valence-corrected chi connectivity index (χ2v) is 36.0. The van der Waals surface area contributed by atoms with E-state index in [1.54, 1.807) is 37.2 Å². The van der Waals surface area contributed by atoms with Crippen molar-refractivity contribution < 1.29 is 20.4 Å². The number of para-hydroxylation sites is 10. The summed E-state index contributed by atoms with van der Waals surface area (Å²) >= 11 is 0. The van der Waals surface area contributed by atoms with Crippen LogP contribution in [-0.2, 0) is 10.8 Å². The molecule has 2 aliphatic carbocycles. The Hall–Kier alpha value is -14.8. The maximum atomic E-state index is 13.9. The lowest BCUT2D eigenvalue weighted by Crippen LogP contribution is -2.34. The minimum absolute atomic E-state index is 0.0909. The van der Waals surface area contributed by atoms with Crippen LogP contribution in [0.4, 0.5) is 0 Å². The lowest BCUT2D eigenvalue weighted by Gasteiger charge is -2.22. The van der Waals surface area contributed by atoms with Gasteiger partial charge in [0, 0.05) is 136 Å². The predicted molar refractivity (Wildman–Crippen MR) is 519 cm³/mol. The van der Waals surface area contributed by atoms with E-state index in [1.807, 2.05) is 272 Å². The van der Waals surface area contributed by atoms with Gasteiger partial charge in [0.1, 0.15) is 23.0 Å². The molecule has 0 saturated heterocycles. The number of hydrogen-bond acceptors (Lipinski definition) is 16. The van der Waals surface area contributed by atoms with Crippen LogP contribution in [0.25, 0.3) is 147 Å². The lowest BCUT2D eigenvalue weighted by molar-refractivity contribution is 0.485. The molecule has 0 amide bonds. The zero-order chi connectivity index (χ0) is 89.8. The molecule has 0 saturated carbocycles. The molecule has 4 aliphatic rings. The van der Waals surface area contributed by atoms with Crippen LogP contribution < -0.4 is 32.0 Å². The van der Waals surface area contributed by atoms with E-state index in [9.17, 15) is 30.0 Å². The van der Waals surface area contributed by atoms with Gasteiger partial charge >= 0.3 is 0 Å². The minimum atomic E-state index is -0.196. The highest BCUT2D eigenvalue weighted by molar-refractivity contribution is 5.90. The molecule has 16 rings (SSSR count). The number of benzene rings is 9. The third kappa shape index (κ3) is 19.8. The topological polar surface area (TPSA) is 276 Å². The molecule has 9 aromatic carbocycles. The molecule has 2 aliphatic heterocycles. The molecule has 126 heavy (non-hydrogen) atoms. The molecule has 3 aromatic heterocycles. The van der Waals surface area contributed by atoms with Crippen LogP contribution in [-0.4, -0.2) is 80.2 Å². The monoisotopic (exact) mass is 1660 g/mol. The predicted octanol–water partition coefficient (Wildman–Crippen LogP) is 21.1. The van der Waals surface area contributed by atoms with Crippen molar-refractivity contribution in [1.82, 2.24) is 59.8 Å². The average molecular weight is 1670 g/mol. The highest BCUT2D eigenvalue weighted by Crippen LogP contribution is 2.37. The van der Waals surface area contributed by atoms with Crippen LogP contribution >= 0.6 is 0 Å². The second-order valence-electron chi connectivity index (χ2n) is 36.0. The van der Waals surface area contributed by atoms with Gasteiger partial charge in [-0.2, -0.15) is 0 Å². The van der Waals surface area contributed by atoms with Crippen LogP contribution in [0.15, 0.2) is 240 Å². The average Bonchev–Trinajstić information content (AvgIpc) is 0.781. The van der Waals surface area contributed by atoms with Gasteiger partial charge in [-0.15, -0.1) is 0 Å². The SMILES string of the molecule is CC(C)(C)C1=Cc2c3[nH]c(c4[nH]c(c5c(=O)c(cnc6ccccc6ncc(c2=O)=C1)=CC(C(C)(C)C)=C5)C=CC=4)=CC=C3.CC(C)(C)c1cc2cnc3ccccc3ncc3cc(C(C)(C)C)cc(cnc4ccccc4ncc(c1)c2O)c3O.Cc1cc2c(C)nc3ccccc3nc(C)c3cc(C)cc(c(C)nc4ccccc4nc(C)c(c1)c2O)c3O. The molecule has 0 radical (unpaired) electrons. The number of hydrogen-bond donors (Lipinski definition) is 6. The molecule has 632 valence electrons. The Morgan fingerprint density at radius 3 is 0.786 bits per heavy atom. The maximum absolute atomic E-state index is 13.9. The van der Waals surface area contributed by atoms with E-state index in [0.29, 0.717) is 154 Å². The fraction of sp³-hybridized carbons (Fsp3) is 0.204. The van der Waals surface area contributed by atoms with Gasteiger partial charge in [-0.25, -0.2) is 0 Å². The van der Waals surface area contributed by atoms with E-state index in [1.165, 1.54) is 0 Å². The first-order chi connectivity index (χ1) is 59.9. The lowest BCUT2D eigenvalue weighted by atomic mass is 9.83. The Morgan fingerprint density at radius 2 is 0.540 bits per heavy atom. The first-order valence-electron chi connectivity index (χ1n) is 42.0. The van der Waals surface area contributed by atoms with Crippen molar-refractivity contribution in [3.05, 3.63) is 339 Å². The van der Waals surface area contributed by atoms with E-state index in [0.717, 1.165) is 44.1 Å². The summed E-state index contributed by atoms with van der Waals surface area (Å²) in [5.74, 6) is 0.430. The molecule has 12 aromatic rings. The summed E-state index contributed by atoms with van der Waals surface area (Å²) in [5, 5.41) is 52.7. The summed E-state index contributed by atoms with van der Waals surface area (Å²) in [4.78, 5) is 82.7. The van der Waals surface area contributed by atoms with Crippen molar-refractivity contribution in [3.8, 4) is 23.0 Å². The number of phenols is 4. The van der Waals surface area contributed by atoms with Crippen molar-refractivity contribution >= 4 is 147 Å². The van der Waals surface area contributed by atoms with Crippen molar-refractivity contribution in [3.63, 3.8) is 0 Å². The quantitative estimate of drug-likeness (QED) is 0.0823. The number of allylic oxidation sites excluding steroid dienone is 4. The Bertz CT molecular complexity index is 7050. The molecule has 16 bridgehead atoms. The van der Waals surface area contributed by atoms with Gasteiger partial charge in [0.15, 0.2) is 10.9 Å². The van der Waals surface area contributed by atoms with Crippen LogP contribution in [0.5, 0.6) is 23.0 Å². The minimum Gasteiger partial charge on any atom is -0.507 e. The molecule has 0 spiro atoms. The molecule has 18 heteroatoms. The fourth-order valence-electron chi connectivity index (χ4n) is 14.8. The van der Waals surface area contributed by atoms with Gasteiger partial charge < -0.3 is 30.4 Å². The van der Waals surface area contributed by atoms with Crippen molar-refractivity contribution in [2.45, 2.75) is 135 Å². The number of aromatic amines is 2. The summed E-state index contributed by atoms with van der Waals surface area (Å²) in [5.41, 5.74) is 16.6. The van der Waals surface area contributed by atoms with E-state index in [-0.39, 0.29) is 55.5 Å². The van der Waals surface area contributed by atoms with Crippen molar-refractivity contribution in [2.24, 2.45) is 10.8 Å². The number of aromatic hydroxyl groups is 4. The number of aryl methyl sites for hydroxylation is 6. The number of fused-ring (bicyclic) bond motifs is 24. The molecule has 6 N–H and O–H groups in total. The van der Waals surface area contributed by atoms with Crippen LogP contribution in [0.1, 0.15) is 151 Å². The molecule has 0 fully saturated rings. The molecule has 5 heterocycles. The summed E-state index contributed by atoms with van der Waals surface area (Å²) in [7, 11) is 0. The van der Waals surface area contributed by atoms with Gasteiger partial charge in [-0.1, -0.05) is 156 Å². The molecular weight excluding hydrogens is 1560 g/mol. The van der Waals surface area contributed by atoms with Crippen LogP contribution in [0.2, 0.25) is 0 Å². The first kappa shape index (κ1) is 87.6. The van der Waals surface area contributed by atoms with Gasteiger partial charge in [0.05, 0.1) is 65.9 Å². The smallest absolute Gasteiger partial charge is 0.196 e. The van der Waals surface area contributed by atoms with Gasteiger partial charge in [0.25, 0.3) is 0 Å². The number of H-pyrrole nitrogens is 2. The summed E-state index contributed by atoms with van der Waals surface area (Å²) < 4.78 is 0. The third-order valence-electron chi connectivity index (χ3n) is 22.2. The highest BCUT2D eigenvalue weighted by Gasteiger charge is 2.23. The maximum Gasteiger partial charge on any atom is 0.196 e. The molecule has 0 atom stereocenters. The Kier molecular flexibility index (Phi) is 25.0. The van der Waals surface area contributed by atoms with Crippen LogP contribution in [0, 0.1) is 52.4 Å². The number of nitrogens with zero attached hydrogens (tertiary/aromatic N) is 10. The number of aromatic nitrogens is 12. The molecule has 18 nitrogen and oxygen atoms in total. The van der Waals surface area contributed by atoms with Crippen molar-refractivity contribution in [2.75, 3.05) is 0 Å². The largest absolute Gasteiger partial charge is 0.507 e. The zero-order valence-corrected chi connectivity index (χ0v) is 74.5. The zero-order valence-electron chi connectivity index (χ0n) is 74.5. The van der Waals surface area contributed by atoms with Gasteiger partial charge in [-0.3, -0.25) is 59.4 Å². The molecular formula is C108H104N12O6. The summed E-state index contributed by atoms with van der Waals surface area (Å²) in [6.45, 7) is 37.0.